The molecule has 2 aromatic carbocycles. The second-order valence-electron chi connectivity index (χ2n) is 6.14. The van der Waals surface area contributed by atoms with Crippen LogP contribution in [-0.2, 0) is 9.53 Å². The van der Waals surface area contributed by atoms with E-state index in [-0.39, 0.29) is 22.4 Å². The van der Waals surface area contributed by atoms with Gasteiger partial charge < -0.3 is 23.7 Å². The number of fused-ring (bicyclic) bond motifs is 1. The van der Waals surface area contributed by atoms with Crippen molar-refractivity contribution in [1.29, 1.82) is 0 Å². The van der Waals surface area contributed by atoms with Crippen molar-refractivity contribution in [2.75, 3.05) is 41.3 Å². The fourth-order valence-electron chi connectivity index (χ4n) is 3.01. The summed E-state index contributed by atoms with van der Waals surface area (Å²) in [5.74, 6) is 1.08. The Hall–Kier alpha value is -3.40. The number of ether oxygens (including phenoxy) is 5. The van der Waals surface area contributed by atoms with Gasteiger partial charge in [0.05, 0.1) is 52.4 Å². The van der Waals surface area contributed by atoms with E-state index in [0.29, 0.717) is 33.6 Å². The number of esters is 1. The third kappa shape index (κ3) is 4.24. The number of thioether (sulfide) groups is 1. The number of nitrogens with zero attached hydrogens (tertiary/aromatic N) is 2. The average Bonchev–Trinajstić information content (AvgIpc) is 2.81. The summed E-state index contributed by atoms with van der Waals surface area (Å²) >= 11 is 1.07. The molecular weight excluding hydrogens is 424 g/mol. The fraction of sp³-hybridized carbons (Fsp3) is 0.286. The molecule has 0 aliphatic rings. The highest BCUT2D eigenvalue weighted by Gasteiger charge is 2.23. The largest absolute Gasteiger partial charge is 0.497 e. The molecule has 0 amide bonds. The number of hydrogen-bond donors (Lipinski definition) is 0. The number of hydrogen-bond acceptors (Lipinski definition) is 9. The van der Waals surface area contributed by atoms with Crippen molar-refractivity contribution in [3.63, 3.8) is 0 Å². The molecule has 10 heteroatoms. The zero-order chi connectivity index (χ0) is 22.5. The molecule has 1 heterocycles. The summed E-state index contributed by atoms with van der Waals surface area (Å²) in [6.45, 7) is 0. The van der Waals surface area contributed by atoms with Gasteiger partial charge in [-0.3, -0.25) is 14.2 Å². The quantitative estimate of drug-likeness (QED) is 0.294. The Morgan fingerprint density at radius 3 is 2.19 bits per heavy atom. The number of carbonyl (C=O) groups is 1. The molecule has 0 radical (unpaired) electrons. The molecular formula is C21H22N2O7S. The molecule has 9 nitrogen and oxygen atoms in total. The molecule has 1 aromatic heterocycles. The third-order valence-electron chi connectivity index (χ3n) is 4.51. The van der Waals surface area contributed by atoms with Gasteiger partial charge in [0.1, 0.15) is 11.3 Å². The Labute approximate surface area is 182 Å². The molecule has 0 saturated heterocycles. The predicted octanol–water partition coefficient (Wildman–Crippen LogP) is 2.69. The van der Waals surface area contributed by atoms with Gasteiger partial charge in [-0.05, 0) is 30.3 Å². The second-order valence-corrected chi connectivity index (χ2v) is 7.08. The Morgan fingerprint density at radius 2 is 1.65 bits per heavy atom. The maximum absolute atomic E-state index is 13.6. The van der Waals surface area contributed by atoms with Gasteiger partial charge in [-0.25, -0.2) is 4.98 Å². The molecule has 0 atom stereocenters. The zero-order valence-corrected chi connectivity index (χ0v) is 18.6. The maximum atomic E-state index is 13.6. The van der Waals surface area contributed by atoms with Gasteiger partial charge in [-0.15, -0.1) is 0 Å². The van der Waals surface area contributed by atoms with Crippen molar-refractivity contribution in [3.05, 3.63) is 40.7 Å². The minimum absolute atomic E-state index is 0.0276. The molecule has 0 spiro atoms. The van der Waals surface area contributed by atoms with Crippen LogP contribution < -0.4 is 24.5 Å². The van der Waals surface area contributed by atoms with Crippen molar-refractivity contribution in [2.45, 2.75) is 5.16 Å². The maximum Gasteiger partial charge on any atom is 0.316 e. The van der Waals surface area contributed by atoms with E-state index >= 15 is 0 Å². The summed E-state index contributed by atoms with van der Waals surface area (Å²) in [5, 5.41) is 0.561. The smallest absolute Gasteiger partial charge is 0.316 e. The number of rotatable bonds is 8. The van der Waals surface area contributed by atoms with E-state index in [2.05, 4.69) is 4.98 Å². The lowest BCUT2D eigenvalue weighted by molar-refractivity contribution is -0.137. The van der Waals surface area contributed by atoms with E-state index in [4.69, 9.17) is 23.7 Å². The summed E-state index contributed by atoms with van der Waals surface area (Å²) in [4.78, 5) is 29.9. The molecule has 3 aromatic rings. The minimum Gasteiger partial charge on any atom is -0.497 e. The van der Waals surface area contributed by atoms with Gasteiger partial charge in [0, 0.05) is 0 Å². The lowest BCUT2D eigenvalue weighted by Gasteiger charge is -2.17. The van der Waals surface area contributed by atoms with Crippen molar-refractivity contribution in [2.24, 2.45) is 0 Å². The first-order valence-electron chi connectivity index (χ1n) is 9.08. The van der Waals surface area contributed by atoms with Crippen molar-refractivity contribution < 1.29 is 28.5 Å². The topological polar surface area (TPSA) is 98.1 Å². The summed E-state index contributed by atoms with van der Waals surface area (Å²) in [6, 6.07) is 8.48. The molecule has 164 valence electrons. The van der Waals surface area contributed by atoms with Crippen LogP contribution in [-0.4, -0.2) is 56.8 Å². The van der Waals surface area contributed by atoms with Crippen LogP contribution in [0, 0.1) is 0 Å². The minimum atomic E-state index is -0.445. The molecule has 0 bridgehead atoms. The SMILES string of the molecule is COC(=O)CSc1nc2c(OC)c(OC)c(OC)cc2c(=O)n1-c1ccc(OC)cc1. The molecule has 31 heavy (non-hydrogen) atoms. The van der Waals surface area contributed by atoms with Gasteiger partial charge in [0.15, 0.2) is 16.7 Å². The van der Waals surface area contributed by atoms with Crippen molar-refractivity contribution >= 4 is 28.6 Å². The first kappa shape index (κ1) is 22.3. The average molecular weight is 446 g/mol. The summed E-state index contributed by atoms with van der Waals surface area (Å²) in [6.07, 6.45) is 0. The van der Waals surface area contributed by atoms with Crippen LogP contribution in [0.25, 0.3) is 16.6 Å². The fourth-order valence-corrected chi connectivity index (χ4v) is 3.84. The predicted molar refractivity (Wildman–Crippen MR) is 116 cm³/mol. The monoisotopic (exact) mass is 446 g/mol. The third-order valence-corrected chi connectivity index (χ3v) is 5.43. The van der Waals surface area contributed by atoms with Crippen LogP contribution in [0.15, 0.2) is 40.3 Å². The van der Waals surface area contributed by atoms with Crippen molar-refractivity contribution in [3.8, 4) is 28.7 Å². The molecule has 0 fully saturated rings. The number of methoxy groups -OCH3 is 5. The lowest BCUT2D eigenvalue weighted by atomic mass is 10.2. The lowest BCUT2D eigenvalue weighted by Crippen LogP contribution is -2.22. The van der Waals surface area contributed by atoms with Crippen LogP contribution in [0.2, 0.25) is 0 Å². The van der Waals surface area contributed by atoms with Crippen LogP contribution in [0.1, 0.15) is 0 Å². The van der Waals surface area contributed by atoms with E-state index in [1.54, 1.807) is 37.4 Å². The Bertz CT molecular complexity index is 1160. The summed E-state index contributed by atoms with van der Waals surface area (Å²) in [5.41, 5.74) is 0.491. The molecule has 3 rings (SSSR count). The van der Waals surface area contributed by atoms with Crippen molar-refractivity contribution in [1.82, 2.24) is 9.55 Å². The van der Waals surface area contributed by atoms with Crippen LogP contribution in [0.5, 0.6) is 23.0 Å². The van der Waals surface area contributed by atoms with Gasteiger partial charge in [0.25, 0.3) is 5.56 Å². The Balaban J connectivity index is 2.34. The molecule has 0 saturated carbocycles. The highest BCUT2D eigenvalue weighted by molar-refractivity contribution is 7.99. The molecule has 0 unspecified atom stereocenters. The van der Waals surface area contributed by atoms with E-state index in [1.165, 1.54) is 33.0 Å². The van der Waals surface area contributed by atoms with Gasteiger partial charge >= 0.3 is 5.97 Å². The van der Waals surface area contributed by atoms with E-state index < -0.39 is 5.97 Å². The Morgan fingerprint density at radius 1 is 0.968 bits per heavy atom. The van der Waals surface area contributed by atoms with Gasteiger partial charge in [0.2, 0.25) is 5.75 Å². The number of benzene rings is 2. The highest BCUT2D eigenvalue weighted by Crippen LogP contribution is 2.42. The second kappa shape index (κ2) is 9.61. The Kier molecular flexibility index (Phi) is 6.91. The first-order valence-corrected chi connectivity index (χ1v) is 10.1. The molecule has 0 aliphatic carbocycles. The van der Waals surface area contributed by atoms with Gasteiger partial charge in [-0.2, -0.15) is 0 Å². The van der Waals surface area contributed by atoms with Crippen LogP contribution in [0.4, 0.5) is 0 Å². The van der Waals surface area contributed by atoms with Crippen LogP contribution >= 0.6 is 11.8 Å². The van der Waals surface area contributed by atoms with Crippen LogP contribution in [0.3, 0.4) is 0 Å². The number of carbonyl (C=O) groups excluding carboxylic acids is 1. The van der Waals surface area contributed by atoms with Gasteiger partial charge in [-0.1, -0.05) is 11.8 Å². The molecule has 0 N–H and O–H groups in total. The molecule has 0 aliphatic heterocycles. The van der Waals surface area contributed by atoms with E-state index in [1.807, 2.05) is 0 Å². The highest BCUT2D eigenvalue weighted by atomic mass is 32.2. The normalized spacial score (nSPS) is 10.6. The van der Waals surface area contributed by atoms with E-state index in [0.717, 1.165) is 11.8 Å². The standard InChI is InChI=1S/C21H22N2O7S/c1-26-13-8-6-12(7-9-13)23-20(25)14-10-15(27-2)18(29-4)19(30-5)17(14)22-21(23)31-11-16(24)28-3/h6-10H,11H2,1-5H3. The summed E-state index contributed by atoms with van der Waals surface area (Å²) < 4.78 is 27.6. The van der Waals surface area contributed by atoms with E-state index in [9.17, 15) is 9.59 Å². The first-order chi connectivity index (χ1) is 15.0. The summed E-state index contributed by atoms with van der Waals surface area (Å²) in [7, 11) is 7.25. The zero-order valence-electron chi connectivity index (χ0n) is 17.8. The number of aromatic nitrogens is 2.